The van der Waals surface area contributed by atoms with Crippen LogP contribution >= 0.6 is 0 Å². The molecule has 0 saturated carbocycles. The molecule has 0 aliphatic heterocycles. The van der Waals surface area contributed by atoms with Crippen LogP contribution in [0.4, 0.5) is 17.6 Å². The SMILES string of the molecule is C=CCCOCC(O)COCCC(O)COCC(F)(F)OC(F)(F)COCOCCOCC(O)COCCC#N. The lowest BCUT2D eigenvalue weighted by molar-refractivity contribution is -0.396. The van der Waals surface area contributed by atoms with Crippen molar-refractivity contribution in [3.63, 3.8) is 0 Å². The second-order valence-corrected chi connectivity index (χ2v) is 8.30. The van der Waals surface area contributed by atoms with E-state index in [1.54, 1.807) is 6.08 Å². The Labute approximate surface area is 231 Å². The van der Waals surface area contributed by atoms with Crippen molar-refractivity contribution in [1.82, 2.24) is 0 Å². The van der Waals surface area contributed by atoms with Crippen LogP contribution in [0.5, 0.6) is 0 Å². The molecule has 0 aliphatic rings. The lowest BCUT2D eigenvalue weighted by Gasteiger charge is -2.24. The Morgan fingerprint density at radius 2 is 1.18 bits per heavy atom. The summed E-state index contributed by atoms with van der Waals surface area (Å²) in [7, 11) is 0. The molecule has 0 radical (unpaired) electrons. The van der Waals surface area contributed by atoms with E-state index >= 15 is 0 Å². The number of hydrogen-bond donors (Lipinski definition) is 3. The van der Waals surface area contributed by atoms with Crippen LogP contribution in [0, 0.1) is 11.3 Å². The average Bonchev–Trinajstić information content (AvgIpc) is 2.88. The summed E-state index contributed by atoms with van der Waals surface area (Å²) in [5, 5.41) is 37.3. The fourth-order valence-corrected chi connectivity index (χ4v) is 2.55. The molecule has 16 heteroatoms. The van der Waals surface area contributed by atoms with Gasteiger partial charge in [0.2, 0.25) is 0 Å². The number of alkyl halides is 4. The maximum Gasteiger partial charge on any atom is 0.383 e. The van der Waals surface area contributed by atoms with E-state index in [0.29, 0.717) is 13.0 Å². The summed E-state index contributed by atoms with van der Waals surface area (Å²) in [6.07, 6.45) is -9.24. The van der Waals surface area contributed by atoms with E-state index in [4.69, 9.17) is 28.9 Å². The normalized spacial score (nSPS) is 14.6. The second-order valence-electron chi connectivity index (χ2n) is 8.30. The molecular weight excluding hydrogens is 554 g/mol. The standard InChI is InChI=1S/C24H41F4NO11/c1-2-3-7-33-13-21(31)15-35-9-5-20(30)12-38-17-23(25,26)40-24(27,28)18-39-19-37-11-10-36-16-22(32)14-34-8-4-6-29/h2,20-22,30-32H,1,3-5,7-19H2. The predicted molar refractivity (Wildman–Crippen MR) is 130 cm³/mol. The number of halogens is 4. The summed E-state index contributed by atoms with van der Waals surface area (Å²) in [4.78, 5) is 0. The monoisotopic (exact) mass is 595 g/mol. The Bertz CT molecular complexity index is 659. The number of aliphatic hydroxyl groups excluding tert-OH is 3. The number of nitriles is 1. The predicted octanol–water partition coefficient (Wildman–Crippen LogP) is 1.22. The Morgan fingerprint density at radius 3 is 1.77 bits per heavy atom. The molecule has 0 fully saturated rings. The second kappa shape index (κ2) is 24.1. The molecule has 0 saturated heterocycles. The molecule has 3 N–H and O–H groups in total. The molecule has 236 valence electrons. The fraction of sp³-hybridized carbons (Fsp3) is 0.875. The first-order valence-electron chi connectivity index (χ1n) is 12.5. The Kier molecular flexibility index (Phi) is 23.2. The maximum atomic E-state index is 13.7. The Balaban J connectivity index is 3.84. The van der Waals surface area contributed by atoms with Crippen molar-refractivity contribution in [3.8, 4) is 6.07 Å². The third kappa shape index (κ3) is 25.5. The van der Waals surface area contributed by atoms with E-state index in [9.17, 15) is 32.9 Å². The van der Waals surface area contributed by atoms with Crippen molar-refractivity contribution in [2.75, 3.05) is 86.1 Å². The minimum atomic E-state index is -4.37. The van der Waals surface area contributed by atoms with Gasteiger partial charge in [0.05, 0.1) is 78.1 Å². The molecular formula is C24H41F4NO11. The van der Waals surface area contributed by atoms with E-state index in [1.807, 2.05) is 6.07 Å². The van der Waals surface area contributed by atoms with Crippen molar-refractivity contribution >= 4 is 0 Å². The summed E-state index contributed by atoms with van der Waals surface area (Å²) in [6, 6.07) is 1.88. The molecule has 0 rings (SSSR count). The van der Waals surface area contributed by atoms with Gasteiger partial charge in [0.1, 0.15) is 32.2 Å². The molecule has 3 unspecified atom stereocenters. The zero-order valence-electron chi connectivity index (χ0n) is 22.4. The highest BCUT2D eigenvalue weighted by molar-refractivity contribution is 4.67. The summed E-state index contributed by atoms with van der Waals surface area (Å²) in [6.45, 7) is -0.384. The van der Waals surface area contributed by atoms with Crippen LogP contribution in [0.25, 0.3) is 0 Å². The molecule has 0 aromatic heterocycles. The first-order chi connectivity index (χ1) is 19.0. The minimum absolute atomic E-state index is 0.00771. The van der Waals surface area contributed by atoms with Gasteiger partial charge in [-0.05, 0) is 12.8 Å². The Morgan fingerprint density at radius 1 is 0.675 bits per heavy atom. The van der Waals surface area contributed by atoms with E-state index in [-0.39, 0.29) is 65.7 Å². The Hall–Kier alpha value is -1.49. The van der Waals surface area contributed by atoms with Gasteiger partial charge in [-0.2, -0.15) is 22.8 Å². The fourth-order valence-electron chi connectivity index (χ4n) is 2.55. The number of nitrogens with zero attached hydrogens (tertiary/aromatic N) is 1. The highest BCUT2D eigenvalue weighted by atomic mass is 19.3. The van der Waals surface area contributed by atoms with Crippen molar-refractivity contribution in [2.45, 2.75) is 49.8 Å². The van der Waals surface area contributed by atoms with Gasteiger partial charge in [0, 0.05) is 6.61 Å². The topological polar surface area (TPSA) is 158 Å². The third-order valence-electron chi connectivity index (χ3n) is 4.35. The minimum Gasteiger partial charge on any atom is -0.391 e. The van der Waals surface area contributed by atoms with Gasteiger partial charge in [-0.3, -0.25) is 4.74 Å². The molecule has 0 spiro atoms. The van der Waals surface area contributed by atoms with E-state index in [1.165, 1.54) is 0 Å². The first kappa shape index (κ1) is 38.5. The van der Waals surface area contributed by atoms with Crippen LogP contribution in [-0.2, 0) is 37.9 Å². The molecule has 0 aliphatic carbocycles. The van der Waals surface area contributed by atoms with Crippen molar-refractivity contribution in [1.29, 1.82) is 5.26 Å². The molecule has 12 nitrogen and oxygen atoms in total. The lowest BCUT2D eigenvalue weighted by Crippen LogP contribution is -2.40. The molecule has 0 amide bonds. The van der Waals surface area contributed by atoms with Crippen molar-refractivity contribution in [2.24, 2.45) is 0 Å². The van der Waals surface area contributed by atoms with E-state index < -0.39 is 57.1 Å². The van der Waals surface area contributed by atoms with Gasteiger partial charge in [-0.1, -0.05) is 6.08 Å². The molecule has 0 aromatic rings. The van der Waals surface area contributed by atoms with Crippen LogP contribution in [0.3, 0.4) is 0 Å². The summed E-state index contributed by atoms with van der Waals surface area (Å²) in [5.41, 5.74) is 0. The maximum absolute atomic E-state index is 13.7. The van der Waals surface area contributed by atoms with E-state index in [2.05, 4.69) is 20.8 Å². The zero-order valence-corrected chi connectivity index (χ0v) is 22.4. The largest absolute Gasteiger partial charge is 0.391 e. The highest BCUT2D eigenvalue weighted by Crippen LogP contribution is 2.27. The molecule has 0 aromatic carbocycles. The van der Waals surface area contributed by atoms with Crippen LogP contribution < -0.4 is 0 Å². The zero-order chi connectivity index (χ0) is 30.1. The van der Waals surface area contributed by atoms with Crippen LogP contribution in [-0.4, -0.2) is 132 Å². The van der Waals surface area contributed by atoms with Crippen molar-refractivity contribution < 1.29 is 70.8 Å². The quantitative estimate of drug-likeness (QED) is 0.0492. The summed E-state index contributed by atoms with van der Waals surface area (Å²) >= 11 is 0. The van der Waals surface area contributed by atoms with Crippen molar-refractivity contribution in [3.05, 3.63) is 12.7 Å². The van der Waals surface area contributed by atoms with Gasteiger partial charge in [-0.25, -0.2) is 0 Å². The number of rotatable bonds is 29. The first-order valence-corrected chi connectivity index (χ1v) is 12.5. The highest BCUT2D eigenvalue weighted by Gasteiger charge is 2.44. The van der Waals surface area contributed by atoms with Gasteiger partial charge in [0.25, 0.3) is 0 Å². The van der Waals surface area contributed by atoms with Gasteiger partial charge >= 0.3 is 12.2 Å². The average molecular weight is 596 g/mol. The summed E-state index contributed by atoms with van der Waals surface area (Å²) < 4.78 is 92.5. The molecule has 0 bridgehead atoms. The van der Waals surface area contributed by atoms with Crippen LogP contribution in [0.1, 0.15) is 19.3 Å². The van der Waals surface area contributed by atoms with Crippen LogP contribution in [0.15, 0.2) is 12.7 Å². The van der Waals surface area contributed by atoms with Gasteiger partial charge in [0.15, 0.2) is 0 Å². The van der Waals surface area contributed by atoms with Gasteiger partial charge < -0.3 is 48.5 Å². The van der Waals surface area contributed by atoms with E-state index in [0.717, 1.165) is 0 Å². The smallest absolute Gasteiger partial charge is 0.383 e. The molecule has 0 heterocycles. The number of hydrogen-bond acceptors (Lipinski definition) is 12. The number of ether oxygens (including phenoxy) is 8. The molecule has 40 heavy (non-hydrogen) atoms. The molecule has 3 atom stereocenters. The third-order valence-corrected chi connectivity index (χ3v) is 4.35. The lowest BCUT2D eigenvalue weighted by atomic mass is 10.3. The summed E-state index contributed by atoms with van der Waals surface area (Å²) in [5.74, 6) is 0. The van der Waals surface area contributed by atoms with Gasteiger partial charge in [-0.15, -0.1) is 6.58 Å². The number of aliphatic hydroxyl groups is 3. The van der Waals surface area contributed by atoms with Crippen LogP contribution in [0.2, 0.25) is 0 Å².